The van der Waals surface area contributed by atoms with Crippen LogP contribution in [-0.2, 0) is 11.2 Å². The number of carbonyl (C=O) groups is 1. The van der Waals surface area contributed by atoms with Crippen LogP contribution >= 0.6 is 0 Å². The molecule has 4 heteroatoms. The summed E-state index contributed by atoms with van der Waals surface area (Å²) in [5.41, 5.74) is 8.24. The van der Waals surface area contributed by atoms with Gasteiger partial charge >= 0.3 is 0 Å². The fourth-order valence-corrected chi connectivity index (χ4v) is 2.50. The summed E-state index contributed by atoms with van der Waals surface area (Å²) < 4.78 is 0. The van der Waals surface area contributed by atoms with E-state index in [1.54, 1.807) is 6.92 Å². The zero-order valence-electron chi connectivity index (χ0n) is 11.7. The Bertz CT molecular complexity index is 428. The van der Waals surface area contributed by atoms with Crippen LogP contribution in [0.3, 0.4) is 0 Å². The first-order valence-electron chi connectivity index (χ1n) is 6.99. The van der Waals surface area contributed by atoms with Crippen LogP contribution in [0.1, 0.15) is 31.0 Å². The Labute approximate surface area is 115 Å². The van der Waals surface area contributed by atoms with Gasteiger partial charge in [0.2, 0.25) is 5.91 Å². The van der Waals surface area contributed by atoms with Gasteiger partial charge in [-0.15, -0.1) is 0 Å². The van der Waals surface area contributed by atoms with Crippen LogP contribution in [0.5, 0.6) is 0 Å². The Balaban J connectivity index is 2.20. The highest BCUT2D eigenvalue weighted by atomic mass is 16.2. The molecule has 0 saturated carbocycles. The Hall–Kier alpha value is -1.39. The Morgan fingerprint density at radius 3 is 2.74 bits per heavy atom. The largest absolute Gasteiger partial charge is 0.332 e. The van der Waals surface area contributed by atoms with Crippen molar-refractivity contribution in [2.45, 2.75) is 32.4 Å². The maximum atomic E-state index is 12.2. The van der Waals surface area contributed by atoms with E-state index in [-0.39, 0.29) is 11.9 Å². The van der Waals surface area contributed by atoms with E-state index >= 15 is 0 Å². The molecule has 104 valence electrons. The Morgan fingerprint density at radius 2 is 2.16 bits per heavy atom. The highest BCUT2D eigenvalue weighted by molar-refractivity contribution is 5.81. The zero-order valence-corrected chi connectivity index (χ0v) is 11.7. The molecule has 0 radical (unpaired) electrons. The Kier molecular flexibility index (Phi) is 4.56. The van der Waals surface area contributed by atoms with Crippen molar-refractivity contribution in [3.8, 4) is 0 Å². The summed E-state index contributed by atoms with van der Waals surface area (Å²) in [5.74, 6) is 0.0334. The van der Waals surface area contributed by atoms with Gasteiger partial charge in [-0.25, -0.2) is 0 Å². The molecular formula is C15H23N3O. The lowest BCUT2D eigenvalue weighted by Gasteiger charge is -2.37. The number of carbonyl (C=O) groups excluding carboxylic acids is 1. The van der Waals surface area contributed by atoms with Crippen LogP contribution in [0, 0.1) is 0 Å². The number of nitrogens with zero attached hydrogens (tertiary/aromatic N) is 1. The number of nitrogens with two attached hydrogens (primary N) is 1. The summed E-state index contributed by atoms with van der Waals surface area (Å²) in [5, 5.41) is 3.35. The third kappa shape index (κ3) is 3.14. The molecular weight excluding hydrogens is 238 g/mol. The van der Waals surface area contributed by atoms with Gasteiger partial charge in [0.25, 0.3) is 0 Å². The molecule has 1 aliphatic heterocycles. The molecule has 3 N–H and O–H groups in total. The molecule has 0 aromatic heterocycles. The zero-order chi connectivity index (χ0) is 13.8. The molecule has 1 aromatic carbocycles. The molecule has 0 bridgehead atoms. The van der Waals surface area contributed by atoms with Gasteiger partial charge in [0.05, 0.1) is 12.1 Å². The molecule has 19 heavy (non-hydrogen) atoms. The van der Waals surface area contributed by atoms with Crippen LogP contribution in [-0.4, -0.2) is 36.5 Å². The van der Waals surface area contributed by atoms with Crippen molar-refractivity contribution in [3.63, 3.8) is 0 Å². The lowest BCUT2D eigenvalue weighted by atomic mass is 10.0. The smallest absolute Gasteiger partial charge is 0.239 e. The minimum absolute atomic E-state index is 0.0334. The number of hydrogen-bond acceptors (Lipinski definition) is 3. The van der Waals surface area contributed by atoms with Crippen LogP contribution in [0.15, 0.2) is 24.3 Å². The van der Waals surface area contributed by atoms with E-state index in [4.69, 9.17) is 5.73 Å². The average molecular weight is 261 g/mol. The standard InChI is InChI=1S/C15H23N3O/c1-3-12-4-6-13(7-5-12)14-10-17-8-9-18(14)15(19)11(2)16/h4-7,11,14,17H,3,8-10,16H2,1-2H3/t11-,14?/m0/s1. The second kappa shape index (κ2) is 6.17. The SMILES string of the molecule is CCc1ccc(C2CNCCN2C(=O)[C@H](C)N)cc1. The molecule has 1 aromatic rings. The number of aryl methyl sites for hydroxylation is 1. The predicted molar refractivity (Wildman–Crippen MR) is 76.8 cm³/mol. The van der Waals surface area contributed by atoms with E-state index in [1.807, 2.05) is 4.90 Å². The van der Waals surface area contributed by atoms with Crippen molar-refractivity contribution >= 4 is 5.91 Å². The number of nitrogens with one attached hydrogen (secondary N) is 1. The number of hydrogen-bond donors (Lipinski definition) is 2. The van der Waals surface area contributed by atoms with Crippen molar-refractivity contribution in [3.05, 3.63) is 35.4 Å². The number of rotatable bonds is 3. The first-order chi connectivity index (χ1) is 9.13. The lowest BCUT2D eigenvalue weighted by Crippen LogP contribution is -2.52. The summed E-state index contributed by atoms with van der Waals surface area (Å²) in [6.07, 6.45) is 1.03. The number of benzene rings is 1. The van der Waals surface area contributed by atoms with Gasteiger partial charge in [-0.3, -0.25) is 4.79 Å². The number of amides is 1. The molecule has 1 heterocycles. The van der Waals surface area contributed by atoms with Gasteiger partial charge in [0, 0.05) is 19.6 Å². The van der Waals surface area contributed by atoms with Gasteiger partial charge in [-0.05, 0) is 24.5 Å². The molecule has 1 unspecified atom stereocenters. The predicted octanol–water partition coefficient (Wildman–Crippen LogP) is 1.07. The summed E-state index contributed by atoms with van der Waals surface area (Å²) >= 11 is 0. The maximum Gasteiger partial charge on any atom is 0.239 e. The second-order valence-electron chi connectivity index (χ2n) is 5.14. The lowest BCUT2D eigenvalue weighted by molar-refractivity contribution is -0.135. The highest BCUT2D eigenvalue weighted by Crippen LogP contribution is 2.23. The fraction of sp³-hybridized carbons (Fsp3) is 0.533. The van der Waals surface area contributed by atoms with E-state index in [2.05, 4.69) is 36.5 Å². The van der Waals surface area contributed by atoms with Crippen LogP contribution in [0.4, 0.5) is 0 Å². The second-order valence-corrected chi connectivity index (χ2v) is 5.14. The minimum Gasteiger partial charge on any atom is -0.332 e. The topological polar surface area (TPSA) is 58.4 Å². The quantitative estimate of drug-likeness (QED) is 0.855. The minimum atomic E-state index is -0.435. The Morgan fingerprint density at radius 1 is 1.47 bits per heavy atom. The normalized spacial score (nSPS) is 21.2. The summed E-state index contributed by atoms with van der Waals surface area (Å²) in [4.78, 5) is 14.1. The molecule has 1 fully saturated rings. The van der Waals surface area contributed by atoms with Crippen LogP contribution < -0.4 is 11.1 Å². The van der Waals surface area contributed by atoms with E-state index in [1.165, 1.54) is 11.1 Å². The van der Waals surface area contributed by atoms with E-state index in [9.17, 15) is 4.79 Å². The fourth-order valence-electron chi connectivity index (χ4n) is 2.50. The summed E-state index contributed by atoms with van der Waals surface area (Å²) in [7, 11) is 0. The van der Waals surface area contributed by atoms with E-state index in [0.29, 0.717) is 0 Å². The molecule has 0 aliphatic carbocycles. The summed E-state index contributed by atoms with van der Waals surface area (Å²) in [6.45, 7) is 6.25. The highest BCUT2D eigenvalue weighted by Gasteiger charge is 2.29. The van der Waals surface area contributed by atoms with Gasteiger partial charge in [0.15, 0.2) is 0 Å². The van der Waals surface area contributed by atoms with Crippen LogP contribution in [0.2, 0.25) is 0 Å². The molecule has 2 rings (SSSR count). The molecule has 2 atom stereocenters. The van der Waals surface area contributed by atoms with Gasteiger partial charge in [0.1, 0.15) is 0 Å². The monoisotopic (exact) mass is 261 g/mol. The number of piperazine rings is 1. The average Bonchev–Trinajstić information content (AvgIpc) is 2.46. The molecule has 4 nitrogen and oxygen atoms in total. The molecule has 1 amide bonds. The van der Waals surface area contributed by atoms with E-state index in [0.717, 1.165) is 26.1 Å². The van der Waals surface area contributed by atoms with Crippen molar-refractivity contribution in [1.82, 2.24) is 10.2 Å². The third-order valence-corrected chi connectivity index (χ3v) is 3.69. The molecule has 0 spiro atoms. The van der Waals surface area contributed by atoms with Crippen LogP contribution in [0.25, 0.3) is 0 Å². The van der Waals surface area contributed by atoms with Crippen molar-refractivity contribution < 1.29 is 4.79 Å². The first-order valence-corrected chi connectivity index (χ1v) is 6.99. The van der Waals surface area contributed by atoms with Crippen molar-refractivity contribution in [1.29, 1.82) is 0 Å². The van der Waals surface area contributed by atoms with Crippen molar-refractivity contribution in [2.75, 3.05) is 19.6 Å². The first kappa shape index (κ1) is 14.0. The van der Waals surface area contributed by atoms with Gasteiger partial charge < -0.3 is 16.0 Å². The summed E-state index contributed by atoms with van der Waals surface area (Å²) in [6, 6.07) is 8.18. The molecule has 1 aliphatic rings. The molecule has 1 saturated heterocycles. The maximum absolute atomic E-state index is 12.2. The third-order valence-electron chi connectivity index (χ3n) is 3.69. The van der Waals surface area contributed by atoms with Gasteiger partial charge in [-0.2, -0.15) is 0 Å². The van der Waals surface area contributed by atoms with Gasteiger partial charge in [-0.1, -0.05) is 31.2 Å². The van der Waals surface area contributed by atoms with Crippen molar-refractivity contribution in [2.24, 2.45) is 5.73 Å². The van der Waals surface area contributed by atoms with E-state index < -0.39 is 6.04 Å².